The molecule has 1 spiro atoms. The number of rotatable bonds is 1. The van der Waals surface area contributed by atoms with Crippen LogP contribution in [-0.2, 0) is 0 Å². The van der Waals surface area contributed by atoms with E-state index < -0.39 is 0 Å². The minimum Gasteiger partial charge on any atom is -0.370 e. The van der Waals surface area contributed by atoms with E-state index in [9.17, 15) is 0 Å². The third-order valence-electron chi connectivity index (χ3n) is 3.48. The first kappa shape index (κ1) is 8.85. The lowest BCUT2D eigenvalue weighted by atomic mass is 9.81. The molecule has 1 heterocycles. The topological polar surface area (TPSA) is 41.6 Å². The third-order valence-corrected chi connectivity index (χ3v) is 3.48. The van der Waals surface area contributed by atoms with Crippen molar-refractivity contribution >= 4 is 5.96 Å². The monoisotopic (exact) mass is 181 g/mol. The van der Waals surface area contributed by atoms with Crippen molar-refractivity contribution in [1.29, 1.82) is 0 Å². The van der Waals surface area contributed by atoms with Crippen LogP contribution < -0.4 is 5.73 Å². The quantitative estimate of drug-likeness (QED) is 0.663. The summed E-state index contributed by atoms with van der Waals surface area (Å²) in [5, 5.41) is 0. The number of aliphatic imine (C=N–C) groups is 1. The highest BCUT2D eigenvalue weighted by molar-refractivity contribution is 5.81. The summed E-state index contributed by atoms with van der Waals surface area (Å²) in [4.78, 5) is 6.70. The molecule has 2 aliphatic rings. The van der Waals surface area contributed by atoms with E-state index in [1.165, 1.54) is 32.1 Å². The maximum atomic E-state index is 5.87. The fraction of sp³-hybridized carbons (Fsp3) is 0.900. The molecule has 3 heteroatoms. The van der Waals surface area contributed by atoms with Crippen molar-refractivity contribution in [2.45, 2.75) is 44.6 Å². The highest BCUT2D eigenvalue weighted by Gasteiger charge is 2.41. The number of likely N-dealkylation sites (N-methyl/N-ethyl adjacent to an activating group) is 1. The molecule has 0 aromatic rings. The summed E-state index contributed by atoms with van der Waals surface area (Å²) < 4.78 is 0. The Morgan fingerprint density at radius 2 is 2.08 bits per heavy atom. The molecular formula is C10H19N3. The molecule has 13 heavy (non-hydrogen) atoms. The van der Waals surface area contributed by atoms with Gasteiger partial charge in [0.1, 0.15) is 0 Å². The van der Waals surface area contributed by atoms with Crippen LogP contribution in [0.2, 0.25) is 0 Å². The van der Waals surface area contributed by atoms with Crippen molar-refractivity contribution in [3.63, 3.8) is 0 Å². The van der Waals surface area contributed by atoms with E-state index in [1.54, 1.807) is 0 Å². The Morgan fingerprint density at radius 3 is 2.69 bits per heavy atom. The van der Waals surface area contributed by atoms with Crippen LogP contribution in [0.1, 0.15) is 39.0 Å². The average molecular weight is 181 g/mol. The van der Waals surface area contributed by atoms with Crippen molar-refractivity contribution in [2.24, 2.45) is 10.7 Å². The summed E-state index contributed by atoms with van der Waals surface area (Å²) in [5.74, 6) is 0.768. The average Bonchev–Trinajstić information content (AvgIpc) is 2.45. The number of nitrogens with zero attached hydrogens (tertiary/aromatic N) is 2. The van der Waals surface area contributed by atoms with Crippen LogP contribution in [0.3, 0.4) is 0 Å². The first-order valence-electron chi connectivity index (χ1n) is 5.36. The molecule has 1 aliphatic heterocycles. The second-order valence-electron chi connectivity index (χ2n) is 4.20. The zero-order valence-corrected chi connectivity index (χ0v) is 8.42. The summed E-state index contributed by atoms with van der Waals surface area (Å²) in [6.45, 7) is 4.12. The number of hydrogen-bond acceptors (Lipinski definition) is 3. The summed E-state index contributed by atoms with van der Waals surface area (Å²) in [6.07, 6.45) is 6.65. The normalized spacial score (nSPS) is 26.5. The molecule has 1 saturated carbocycles. The van der Waals surface area contributed by atoms with Crippen molar-refractivity contribution < 1.29 is 0 Å². The molecule has 0 atom stereocenters. The molecule has 0 aromatic heterocycles. The van der Waals surface area contributed by atoms with E-state index in [1.807, 2.05) is 0 Å². The molecule has 1 fully saturated rings. The van der Waals surface area contributed by atoms with E-state index in [4.69, 9.17) is 5.73 Å². The number of nitrogens with two attached hydrogens (primary N) is 1. The van der Waals surface area contributed by atoms with Crippen LogP contribution in [-0.4, -0.2) is 29.5 Å². The van der Waals surface area contributed by atoms with Crippen LogP contribution >= 0.6 is 0 Å². The molecule has 74 valence electrons. The fourth-order valence-corrected chi connectivity index (χ4v) is 2.78. The van der Waals surface area contributed by atoms with Crippen molar-refractivity contribution in [2.75, 3.05) is 13.1 Å². The van der Waals surface area contributed by atoms with Gasteiger partial charge in [0, 0.05) is 6.54 Å². The van der Waals surface area contributed by atoms with Gasteiger partial charge in [-0.1, -0.05) is 19.3 Å². The molecule has 0 aromatic carbocycles. The standard InChI is InChI=1S/C10H19N3/c1-2-13-9(11)12-8-10(13)6-4-3-5-7-10/h2-8H2,1H3,(H2,11,12). The predicted molar refractivity (Wildman–Crippen MR) is 54.7 cm³/mol. The predicted octanol–water partition coefficient (Wildman–Crippen LogP) is 1.34. The van der Waals surface area contributed by atoms with Crippen LogP contribution in [0.25, 0.3) is 0 Å². The third kappa shape index (κ3) is 1.30. The van der Waals surface area contributed by atoms with Gasteiger partial charge in [-0.25, -0.2) is 0 Å². The molecule has 1 aliphatic carbocycles. The second-order valence-corrected chi connectivity index (χ2v) is 4.20. The van der Waals surface area contributed by atoms with Crippen LogP contribution in [0, 0.1) is 0 Å². The Morgan fingerprint density at radius 1 is 1.38 bits per heavy atom. The molecule has 0 amide bonds. The molecule has 2 rings (SSSR count). The van der Waals surface area contributed by atoms with Crippen LogP contribution in [0.5, 0.6) is 0 Å². The Labute approximate surface area is 80.0 Å². The second kappa shape index (κ2) is 3.20. The van der Waals surface area contributed by atoms with Gasteiger partial charge in [0.25, 0.3) is 0 Å². The van der Waals surface area contributed by atoms with Gasteiger partial charge in [0.2, 0.25) is 0 Å². The van der Waals surface area contributed by atoms with E-state index in [0.717, 1.165) is 19.0 Å². The zero-order valence-electron chi connectivity index (χ0n) is 8.42. The van der Waals surface area contributed by atoms with E-state index in [-0.39, 0.29) is 0 Å². The lowest BCUT2D eigenvalue weighted by Crippen LogP contribution is -2.52. The molecule has 0 bridgehead atoms. The Bertz CT molecular complexity index is 216. The minimum atomic E-state index is 0.317. The van der Waals surface area contributed by atoms with Gasteiger partial charge in [-0.05, 0) is 19.8 Å². The summed E-state index contributed by atoms with van der Waals surface area (Å²) in [6, 6.07) is 0. The SMILES string of the molecule is CCN1C(N)=NCC12CCCCC2. The highest BCUT2D eigenvalue weighted by atomic mass is 15.3. The van der Waals surface area contributed by atoms with Gasteiger partial charge < -0.3 is 10.6 Å². The summed E-state index contributed by atoms with van der Waals surface area (Å²) >= 11 is 0. The largest absolute Gasteiger partial charge is 0.370 e. The smallest absolute Gasteiger partial charge is 0.191 e. The van der Waals surface area contributed by atoms with E-state index >= 15 is 0 Å². The first-order chi connectivity index (χ1) is 6.28. The summed E-state index contributed by atoms with van der Waals surface area (Å²) in [5.41, 5.74) is 6.19. The van der Waals surface area contributed by atoms with Gasteiger partial charge in [-0.2, -0.15) is 0 Å². The maximum Gasteiger partial charge on any atom is 0.191 e. The Kier molecular flexibility index (Phi) is 2.18. The van der Waals surface area contributed by atoms with Gasteiger partial charge in [0.15, 0.2) is 5.96 Å². The molecular weight excluding hydrogens is 162 g/mol. The van der Waals surface area contributed by atoms with Crippen molar-refractivity contribution in [1.82, 2.24) is 4.90 Å². The molecule has 3 nitrogen and oxygen atoms in total. The molecule has 2 N–H and O–H groups in total. The highest BCUT2D eigenvalue weighted by Crippen LogP contribution is 2.36. The maximum absolute atomic E-state index is 5.87. The number of hydrogen-bond donors (Lipinski definition) is 1. The first-order valence-corrected chi connectivity index (χ1v) is 5.36. The lowest BCUT2D eigenvalue weighted by molar-refractivity contribution is 0.147. The van der Waals surface area contributed by atoms with Crippen LogP contribution in [0.15, 0.2) is 4.99 Å². The fourth-order valence-electron chi connectivity index (χ4n) is 2.78. The van der Waals surface area contributed by atoms with E-state index in [2.05, 4.69) is 16.8 Å². The Hall–Kier alpha value is -0.730. The zero-order chi connectivity index (χ0) is 9.31. The van der Waals surface area contributed by atoms with Gasteiger partial charge in [-0.15, -0.1) is 0 Å². The lowest BCUT2D eigenvalue weighted by Gasteiger charge is -2.41. The molecule has 0 unspecified atom stereocenters. The minimum absolute atomic E-state index is 0.317. The van der Waals surface area contributed by atoms with Crippen LogP contribution in [0.4, 0.5) is 0 Å². The van der Waals surface area contributed by atoms with Crippen molar-refractivity contribution in [3.8, 4) is 0 Å². The molecule has 0 saturated heterocycles. The molecule has 0 radical (unpaired) electrons. The number of guanidine groups is 1. The van der Waals surface area contributed by atoms with Gasteiger partial charge in [-0.3, -0.25) is 4.99 Å². The van der Waals surface area contributed by atoms with Gasteiger partial charge in [0.05, 0.1) is 12.1 Å². The Balaban J connectivity index is 2.14. The summed E-state index contributed by atoms with van der Waals surface area (Å²) in [7, 11) is 0. The van der Waals surface area contributed by atoms with Gasteiger partial charge >= 0.3 is 0 Å². The van der Waals surface area contributed by atoms with E-state index in [0.29, 0.717) is 5.54 Å². The van der Waals surface area contributed by atoms with Crippen molar-refractivity contribution in [3.05, 3.63) is 0 Å².